The SMILES string of the molecule is CC#CCOc1ccc(CN2CCN(C(C(=O)NO)C(C)C)C2=O)cc1. The molecular formula is C19H25N3O4. The lowest BCUT2D eigenvalue weighted by atomic mass is 10.0. The zero-order valence-corrected chi connectivity index (χ0v) is 15.4. The summed E-state index contributed by atoms with van der Waals surface area (Å²) in [6.07, 6.45) is 0. The van der Waals surface area contributed by atoms with E-state index in [4.69, 9.17) is 9.94 Å². The minimum atomic E-state index is -0.687. The van der Waals surface area contributed by atoms with Gasteiger partial charge < -0.3 is 14.5 Å². The van der Waals surface area contributed by atoms with Gasteiger partial charge in [-0.05, 0) is 30.5 Å². The summed E-state index contributed by atoms with van der Waals surface area (Å²) in [4.78, 5) is 27.8. The normalized spacial score (nSPS) is 14.9. The highest BCUT2D eigenvalue weighted by atomic mass is 16.5. The molecule has 7 nitrogen and oxygen atoms in total. The topological polar surface area (TPSA) is 82.1 Å². The minimum Gasteiger partial charge on any atom is -0.481 e. The van der Waals surface area contributed by atoms with Crippen molar-refractivity contribution in [3.63, 3.8) is 0 Å². The van der Waals surface area contributed by atoms with E-state index >= 15 is 0 Å². The average molecular weight is 359 g/mol. The van der Waals surface area contributed by atoms with Gasteiger partial charge in [0, 0.05) is 19.6 Å². The van der Waals surface area contributed by atoms with Crippen LogP contribution >= 0.6 is 0 Å². The van der Waals surface area contributed by atoms with Crippen molar-refractivity contribution in [1.29, 1.82) is 0 Å². The van der Waals surface area contributed by atoms with E-state index in [9.17, 15) is 9.59 Å². The van der Waals surface area contributed by atoms with Gasteiger partial charge in [0.1, 0.15) is 18.4 Å². The van der Waals surface area contributed by atoms with Gasteiger partial charge in [0.2, 0.25) is 0 Å². The molecular weight excluding hydrogens is 334 g/mol. The predicted octanol–water partition coefficient (Wildman–Crippen LogP) is 1.86. The van der Waals surface area contributed by atoms with Crippen molar-refractivity contribution in [3.8, 4) is 17.6 Å². The van der Waals surface area contributed by atoms with E-state index in [1.54, 1.807) is 17.3 Å². The van der Waals surface area contributed by atoms with Crippen LogP contribution in [0.3, 0.4) is 0 Å². The van der Waals surface area contributed by atoms with Crippen LogP contribution in [0.15, 0.2) is 24.3 Å². The van der Waals surface area contributed by atoms with Gasteiger partial charge in [0.25, 0.3) is 5.91 Å². The second kappa shape index (κ2) is 9.11. The molecule has 0 bridgehead atoms. The van der Waals surface area contributed by atoms with Crippen molar-refractivity contribution in [2.75, 3.05) is 19.7 Å². The first-order valence-corrected chi connectivity index (χ1v) is 8.58. The average Bonchev–Trinajstić information content (AvgIpc) is 2.97. The Kier molecular flexibility index (Phi) is 6.87. The van der Waals surface area contributed by atoms with Crippen LogP contribution in [0.5, 0.6) is 5.75 Å². The summed E-state index contributed by atoms with van der Waals surface area (Å²) >= 11 is 0. The van der Waals surface area contributed by atoms with Crippen LogP contribution in [0.25, 0.3) is 0 Å². The third-order valence-corrected chi connectivity index (χ3v) is 4.26. The Balaban J connectivity index is 1.99. The molecule has 1 heterocycles. The highest BCUT2D eigenvalue weighted by Crippen LogP contribution is 2.21. The molecule has 1 aromatic rings. The number of nitrogens with one attached hydrogen (secondary N) is 1. The fourth-order valence-corrected chi connectivity index (χ4v) is 2.98. The predicted molar refractivity (Wildman–Crippen MR) is 96.5 cm³/mol. The zero-order valence-electron chi connectivity index (χ0n) is 15.4. The van der Waals surface area contributed by atoms with E-state index in [1.165, 1.54) is 4.90 Å². The van der Waals surface area contributed by atoms with Crippen molar-refractivity contribution in [3.05, 3.63) is 29.8 Å². The smallest absolute Gasteiger partial charge is 0.321 e. The molecule has 0 aliphatic carbocycles. The molecule has 0 spiro atoms. The molecule has 140 valence electrons. The van der Waals surface area contributed by atoms with Gasteiger partial charge in [0.15, 0.2) is 0 Å². The largest absolute Gasteiger partial charge is 0.481 e. The van der Waals surface area contributed by atoms with Crippen LogP contribution in [0.4, 0.5) is 4.79 Å². The van der Waals surface area contributed by atoms with Gasteiger partial charge in [-0.3, -0.25) is 10.0 Å². The molecule has 0 radical (unpaired) electrons. The van der Waals surface area contributed by atoms with Crippen LogP contribution in [-0.4, -0.2) is 52.7 Å². The molecule has 7 heteroatoms. The lowest BCUT2D eigenvalue weighted by molar-refractivity contribution is -0.135. The minimum absolute atomic E-state index is 0.103. The summed E-state index contributed by atoms with van der Waals surface area (Å²) in [7, 11) is 0. The summed E-state index contributed by atoms with van der Waals surface area (Å²) in [6.45, 7) is 7.23. The van der Waals surface area contributed by atoms with Crippen LogP contribution < -0.4 is 10.2 Å². The summed E-state index contributed by atoms with van der Waals surface area (Å²) in [5, 5.41) is 8.93. The third-order valence-electron chi connectivity index (χ3n) is 4.26. The second-order valence-corrected chi connectivity index (χ2v) is 6.42. The summed E-state index contributed by atoms with van der Waals surface area (Å²) in [6, 6.07) is 6.62. The first-order valence-electron chi connectivity index (χ1n) is 8.58. The van der Waals surface area contributed by atoms with E-state index in [-0.39, 0.29) is 11.9 Å². The van der Waals surface area contributed by atoms with Crippen molar-refractivity contribution in [2.24, 2.45) is 5.92 Å². The number of nitrogens with zero attached hydrogens (tertiary/aromatic N) is 2. The quantitative estimate of drug-likeness (QED) is 0.442. The van der Waals surface area contributed by atoms with Crippen molar-refractivity contribution in [1.82, 2.24) is 15.3 Å². The lowest BCUT2D eigenvalue weighted by Crippen LogP contribution is -2.50. The number of hydrogen-bond acceptors (Lipinski definition) is 4. The molecule has 0 saturated carbocycles. The van der Waals surface area contributed by atoms with E-state index in [0.29, 0.717) is 26.2 Å². The second-order valence-electron chi connectivity index (χ2n) is 6.42. The molecule has 1 atom stereocenters. The van der Waals surface area contributed by atoms with Gasteiger partial charge in [-0.25, -0.2) is 10.3 Å². The van der Waals surface area contributed by atoms with Crippen molar-refractivity contribution < 1.29 is 19.5 Å². The zero-order chi connectivity index (χ0) is 19.1. The maximum absolute atomic E-state index is 12.7. The van der Waals surface area contributed by atoms with Crippen LogP contribution in [0.2, 0.25) is 0 Å². The molecule has 3 amide bonds. The van der Waals surface area contributed by atoms with Crippen LogP contribution in [0.1, 0.15) is 26.3 Å². The number of carbonyl (C=O) groups is 2. The number of hydrogen-bond donors (Lipinski definition) is 2. The molecule has 2 rings (SSSR count). The van der Waals surface area contributed by atoms with Crippen molar-refractivity contribution in [2.45, 2.75) is 33.4 Å². The van der Waals surface area contributed by atoms with E-state index in [1.807, 2.05) is 38.1 Å². The van der Waals surface area contributed by atoms with E-state index in [0.717, 1.165) is 11.3 Å². The first kappa shape index (κ1) is 19.6. The van der Waals surface area contributed by atoms with Gasteiger partial charge in [0.05, 0.1) is 0 Å². The fourth-order valence-electron chi connectivity index (χ4n) is 2.98. The summed E-state index contributed by atoms with van der Waals surface area (Å²) in [5.74, 6) is 5.66. The summed E-state index contributed by atoms with van der Waals surface area (Å²) < 4.78 is 5.48. The molecule has 0 aromatic heterocycles. The molecule has 1 unspecified atom stereocenters. The van der Waals surface area contributed by atoms with Gasteiger partial charge in [-0.1, -0.05) is 31.9 Å². The number of rotatable bonds is 7. The Bertz CT molecular complexity index is 691. The number of urea groups is 1. The number of benzene rings is 1. The number of ether oxygens (including phenoxy) is 1. The molecule has 1 aliphatic rings. The Labute approximate surface area is 153 Å². The van der Waals surface area contributed by atoms with Crippen molar-refractivity contribution >= 4 is 11.9 Å². The number of carbonyl (C=O) groups excluding carboxylic acids is 2. The molecule has 1 aliphatic heterocycles. The Hall–Kier alpha value is -2.72. The van der Waals surface area contributed by atoms with Crippen LogP contribution in [0, 0.1) is 17.8 Å². The molecule has 1 aromatic carbocycles. The molecule has 1 fully saturated rings. The van der Waals surface area contributed by atoms with E-state index in [2.05, 4.69) is 11.8 Å². The maximum Gasteiger partial charge on any atom is 0.321 e. The highest BCUT2D eigenvalue weighted by molar-refractivity contribution is 5.87. The van der Waals surface area contributed by atoms with E-state index < -0.39 is 11.9 Å². The third kappa shape index (κ3) is 4.67. The van der Waals surface area contributed by atoms with Crippen LogP contribution in [-0.2, 0) is 11.3 Å². The molecule has 2 N–H and O–H groups in total. The maximum atomic E-state index is 12.7. The Morgan fingerprint density at radius 3 is 2.58 bits per heavy atom. The van der Waals surface area contributed by atoms with Gasteiger partial charge in [-0.15, -0.1) is 5.92 Å². The first-order chi connectivity index (χ1) is 12.5. The van der Waals surface area contributed by atoms with Gasteiger partial charge in [-0.2, -0.15) is 0 Å². The summed E-state index contributed by atoms with van der Waals surface area (Å²) in [5.41, 5.74) is 2.63. The number of amides is 3. The van der Waals surface area contributed by atoms with Gasteiger partial charge >= 0.3 is 6.03 Å². The fraction of sp³-hybridized carbons (Fsp3) is 0.474. The standard InChI is InChI=1S/C19H25N3O4/c1-4-5-12-26-16-8-6-15(7-9-16)13-21-10-11-22(19(21)24)17(14(2)3)18(23)20-25/h6-9,14,17,25H,10-13H2,1-3H3,(H,20,23). The Morgan fingerprint density at radius 1 is 1.31 bits per heavy atom. The lowest BCUT2D eigenvalue weighted by Gasteiger charge is -2.29. The molecule has 26 heavy (non-hydrogen) atoms. The Morgan fingerprint density at radius 2 is 2.00 bits per heavy atom. The molecule has 1 saturated heterocycles. The monoisotopic (exact) mass is 359 g/mol. The highest BCUT2D eigenvalue weighted by Gasteiger charge is 2.38. The number of hydroxylamine groups is 1.